The van der Waals surface area contributed by atoms with E-state index in [1.54, 1.807) is 6.07 Å². The lowest BCUT2D eigenvalue weighted by Crippen LogP contribution is -2.57. The molecule has 1 aliphatic carbocycles. The summed E-state index contributed by atoms with van der Waals surface area (Å²) in [7, 11) is 0. The Morgan fingerprint density at radius 3 is 2.57 bits per heavy atom. The number of aromatic nitrogens is 1. The fraction of sp³-hybridized carbons (Fsp3) is 0.348. The van der Waals surface area contributed by atoms with Crippen LogP contribution in [0.25, 0.3) is 22.2 Å². The zero-order chi connectivity index (χ0) is 21.1. The number of hydrogen-bond donors (Lipinski definition) is 3. The van der Waals surface area contributed by atoms with Crippen molar-refractivity contribution >= 4 is 17.0 Å². The van der Waals surface area contributed by atoms with E-state index < -0.39 is 17.3 Å². The molecule has 0 bridgehead atoms. The summed E-state index contributed by atoms with van der Waals surface area (Å²) >= 11 is 0. The fourth-order valence-corrected chi connectivity index (χ4v) is 4.04. The largest absolute Gasteiger partial charge is 0.417 e. The second kappa shape index (κ2) is 8.17. The number of oxazole rings is 1. The van der Waals surface area contributed by atoms with E-state index in [1.807, 2.05) is 36.4 Å². The third-order valence-corrected chi connectivity index (χ3v) is 5.81. The van der Waals surface area contributed by atoms with Gasteiger partial charge in [0.25, 0.3) is 0 Å². The summed E-state index contributed by atoms with van der Waals surface area (Å²) in [5, 5.41) is 12.3. The lowest BCUT2D eigenvalue weighted by molar-refractivity contribution is -0.127. The molecule has 30 heavy (non-hydrogen) atoms. The molecule has 1 aliphatic rings. The number of amides is 1. The number of carbonyl (C=O) groups excluding carboxylic acids is 1. The van der Waals surface area contributed by atoms with Crippen molar-refractivity contribution in [3.8, 4) is 17.2 Å². The van der Waals surface area contributed by atoms with Gasteiger partial charge >= 0.3 is 5.76 Å². The number of aromatic amines is 1. The van der Waals surface area contributed by atoms with E-state index in [4.69, 9.17) is 10.2 Å². The molecule has 4 rings (SSSR count). The van der Waals surface area contributed by atoms with E-state index in [2.05, 4.69) is 16.4 Å². The van der Waals surface area contributed by atoms with Crippen molar-refractivity contribution < 1.29 is 9.21 Å². The Hall–Kier alpha value is -3.37. The number of fused-ring (bicyclic) bond motifs is 1. The molecule has 0 aliphatic heterocycles. The molecule has 1 fully saturated rings. The standard InChI is InChI=1S/C23H24N4O3/c24-14-18(26-21(28)23(25)10-2-1-3-11-23)12-15-4-6-16(7-5-15)17-8-9-20-19(13-17)27-22(29)30-20/h4-9,13,18H,1-3,10-12,25H2,(H,26,28)(H,27,29)/t18-/m0/s1. The predicted octanol–water partition coefficient (Wildman–Crippen LogP) is 3.00. The molecule has 1 heterocycles. The van der Waals surface area contributed by atoms with Gasteiger partial charge < -0.3 is 15.5 Å². The van der Waals surface area contributed by atoms with Gasteiger partial charge in [-0.05, 0) is 41.7 Å². The lowest BCUT2D eigenvalue weighted by Gasteiger charge is -2.32. The Balaban J connectivity index is 1.44. The number of nitrogens with two attached hydrogens (primary N) is 1. The maximum atomic E-state index is 12.6. The molecule has 0 spiro atoms. The molecular weight excluding hydrogens is 380 g/mol. The van der Waals surface area contributed by atoms with Crippen molar-refractivity contribution in [2.75, 3.05) is 0 Å². The minimum atomic E-state index is -0.857. The SMILES string of the molecule is N#C[C@H](Cc1ccc(-c2ccc3oc(=O)[nH]c3c2)cc1)NC(=O)C1(N)CCCCC1. The maximum Gasteiger partial charge on any atom is 0.417 e. The molecule has 7 nitrogen and oxygen atoms in total. The van der Waals surface area contributed by atoms with Crippen LogP contribution in [-0.4, -0.2) is 22.5 Å². The van der Waals surface area contributed by atoms with Crippen LogP contribution in [0.2, 0.25) is 0 Å². The summed E-state index contributed by atoms with van der Waals surface area (Å²) in [6.45, 7) is 0. The monoisotopic (exact) mass is 404 g/mol. The van der Waals surface area contributed by atoms with E-state index in [-0.39, 0.29) is 5.91 Å². The van der Waals surface area contributed by atoms with E-state index >= 15 is 0 Å². The molecule has 3 aromatic rings. The zero-order valence-corrected chi connectivity index (χ0v) is 16.6. The minimum Gasteiger partial charge on any atom is -0.408 e. The predicted molar refractivity (Wildman–Crippen MR) is 114 cm³/mol. The highest BCUT2D eigenvalue weighted by molar-refractivity contribution is 5.86. The number of nitriles is 1. The average Bonchev–Trinajstić information content (AvgIpc) is 3.13. The Kier molecular flexibility index (Phi) is 5.42. The number of nitrogens with one attached hydrogen (secondary N) is 2. The summed E-state index contributed by atoms with van der Waals surface area (Å²) in [6, 6.07) is 14.8. The van der Waals surface area contributed by atoms with E-state index in [1.165, 1.54) is 0 Å². The van der Waals surface area contributed by atoms with Crippen LogP contribution in [0.3, 0.4) is 0 Å². The molecule has 2 aromatic carbocycles. The highest BCUT2D eigenvalue weighted by Crippen LogP contribution is 2.26. The van der Waals surface area contributed by atoms with Gasteiger partial charge in [0.1, 0.15) is 6.04 Å². The number of nitrogens with zero attached hydrogens (tertiary/aromatic N) is 1. The third kappa shape index (κ3) is 4.14. The van der Waals surface area contributed by atoms with Gasteiger partial charge in [-0.25, -0.2) is 4.79 Å². The van der Waals surface area contributed by atoms with E-state index in [0.717, 1.165) is 36.0 Å². The van der Waals surface area contributed by atoms with Crippen molar-refractivity contribution in [3.05, 3.63) is 58.6 Å². The number of hydrogen-bond acceptors (Lipinski definition) is 5. The highest BCUT2D eigenvalue weighted by Gasteiger charge is 2.36. The van der Waals surface area contributed by atoms with E-state index in [0.29, 0.717) is 30.4 Å². The molecule has 154 valence electrons. The molecule has 1 amide bonds. The fourth-order valence-electron chi connectivity index (χ4n) is 4.04. The zero-order valence-electron chi connectivity index (χ0n) is 16.6. The molecule has 0 unspecified atom stereocenters. The molecule has 0 saturated heterocycles. The topological polar surface area (TPSA) is 125 Å². The van der Waals surface area contributed by atoms with Crippen molar-refractivity contribution in [1.82, 2.24) is 10.3 Å². The van der Waals surface area contributed by atoms with E-state index in [9.17, 15) is 14.9 Å². The van der Waals surface area contributed by atoms with Gasteiger partial charge in [-0.2, -0.15) is 5.26 Å². The van der Waals surface area contributed by atoms with Gasteiger partial charge in [0, 0.05) is 6.42 Å². The summed E-state index contributed by atoms with van der Waals surface area (Å²) in [5.41, 5.74) is 9.44. The molecule has 0 radical (unpaired) electrons. The average molecular weight is 404 g/mol. The first kappa shape index (κ1) is 19.9. The van der Waals surface area contributed by atoms with Crippen LogP contribution in [0.4, 0.5) is 0 Å². The van der Waals surface area contributed by atoms with Crippen LogP contribution >= 0.6 is 0 Å². The summed E-state index contributed by atoms with van der Waals surface area (Å²) in [4.78, 5) is 26.6. The quantitative estimate of drug-likeness (QED) is 0.603. The Labute approximate surface area is 173 Å². The molecule has 7 heteroatoms. The molecule has 4 N–H and O–H groups in total. The Morgan fingerprint density at radius 1 is 1.17 bits per heavy atom. The number of carbonyl (C=O) groups is 1. The second-order valence-electron chi connectivity index (χ2n) is 8.00. The first-order valence-corrected chi connectivity index (χ1v) is 10.2. The van der Waals surface area contributed by atoms with Crippen molar-refractivity contribution in [2.45, 2.75) is 50.1 Å². The number of rotatable bonds is 5. The maximum absolute atomic E-state index is 12.6. The second-order valence-corrected chi connectivity index (χ2v) is 8.00. The molecule has 1 aromatic heterocycles. The highest BCUT2D eigenvalue weighted by atomic mass is 16.4. The van der Waals surface area contributed by atoms with Gasteiger partial charge in [0.05, 0.1) is 17.1 Å². The summed E-state index contributed by atoms with van der Waals surface area (Å²) in [5.74, 6) is -0.706. The molecule has 1 atom stereocenters. The first-order chi connectivity index (χ1) is 14.5. The van der Waals surface area contributed by atoms with Crippen molar-refractivity contribution in [1.29, 1.82) is 5.26 Å². The van der Waals surface area contributed by atoms with Crippen LogP contribution < -0.4 is 16.8 Å². The van der Waals surface area contributed by atoms with Gasteiger partial charge in [0.2, 0.25) is 5.91 Å². The van der Waals surface area contributed by atoms with Gasteiger partial charge in [0.15, 0.2) is 5.58 Å². The van der Waals surface area contributed by atoms with Gasteiger partial charge in [-0.3, -0.25) is 9.78 Å². The van der Waals surface area contributed by atoms with Crippen LogP contribution in [0, 0.1) is 11.3 Å². The smallest absolute Gasteiger partial charge is 0.408 e. The Bertz CT molecular complexity index is 1150. The normalized spacial score (nSPS) is 16.7. The number of benzene rings is 2. The first-order valence-electron chi connectivity index (χ1n) is 10.2. The lowest BCUT2D eigenvalue weighted by atomic mass is 9.81. The van der Waals surface area contributed by atoms with Crippen LogP contribution in [0.15, 0.2) is 51.7 Å². The minimum absolute atomic E-state index is 0.229. The van der Waals surface area contributed by atoms with Crippen LogP contribution in [-0.2, 0) is 11.2 Å². The number of H-pyrrole nitrogens is 1. The molecule has 1 saturated carbocycles. The van der Waals surface area contributed by atoms with Crippen LogP contribution in [0.5, 0.6) is 0 Å². The van der Waals surface area contributed by atoms with Gasteiger partial charge in [-0.15, -0.1) is 0 Å². The van der Waals surface area contributed by atoms with Gasteiger partial charge in [-0.1, -0.05) is 49.6 Å². The third-order valence-electron chi connectivity index (χ3n) is 5.81. The Morgan fingerprint density at radius 2 is 1.87 bits per heavy atom. The van der Waals surface area contributed by atoms with Crippen molar-refractivity contribution in [3.63, 3.8) is 0 Å². The molecular formula is C23H24N4O3. The summed E-state index contributed by atoms with van der Waals surface area (Å²) in [6.07, 6.45) is 4.73. The van der Waals surface area contributed by atoms with Crippen LogP contribution in [0.1, 0.15) is 37.7 Å². The summed E-state index contributed by atoms with van der Waals surface area (Å²) < 4.78 is 5.03. The van der Waals surface area contributed by atoms with Crippen molar-refractivity contribution in [2.24, 2.45) is 5.73 Å².